The van der Waals surface area contributed by atoms with Crippen molar-refractivity contribution in [3.63, 3.8) is 0 Å². The van der Waals surface area contributed by atoms with Crippen LogP contribution in [-0.4, -0.2) is 43.1 Å². The summed E-state index contributed by atoms with van der Waals surface area (Å²) in [4.78, 5) is 0. The number of hydrogen-bond donors (Lipinski definition) is 2. The van der Waals surface area contributed by atoms with E-state index in [1.165, 1.54) is 0 Å². The summed E-state index contributed by atoms with van der Waals surface area (Å²) in [5.74, 6) is 2.29. The molecule has 3 atom stereocenters. The SMILES string of the molecule is C[C@H](NC[C@@H](O)COc1ccccc1)[C@H]1COc2ccccc2O1. The van der Waals surface area contributed by atoms with Gasteiger partial charge in [-0.05, 0) is 31.2 Å². The van der Waals surface area contributed by atoms with Crippen molar-refractivity contribution in [2.75, 3.05) is 19.8 Å². The summed E-state index contributed by atoms with van der Waals surface area (Å²) in [6, 6.07) is 17.2. The van der Waals surface area contributed by atoms with E-state index in [1.807, 2.05) is 61.5 Å². The van der Waals surface area contributed by atoms with E-state index in [2.05, 4.69) is 5.32 Å². The molecule has 0 fully saturated rings. The van der Waals surface area contributed by atoms with Crippen molar-refractivity contribution in [1.29, 1.82) is 0 Å². The van der Waals surface area contributed by atoms with Gasteiger partial charge in [-0.25, -0.2) is 0 Å². The highest BCUT2D eigenvalue weighted by atomic mass is 16.6. The van der Waals surface area contributed by atoms with Gasteiger partial charge in [0.25, 0.3) is 0 Å². The fraction of sp³-hybridized carbons (Fsp3) is 0.368. The molecule has 2 N–H and O–H groups in total. The first-order chi connectivity index (χ1) is 11.7. The van der Waals surface area contributed by atoms with Crippen molar-refractivity contribution in [3.8, 4) is 17.2 Å². The lowest BCUT2D eigenvalue weighted by Gasteiger charge is -2.31. The van der Waals surface area contributed by atoms with E-state index in [1.54, 1.807) is 0 Å². The highest BCUT2D eigenvalue weighted by molar-refractivity contribution is 5.40. The molecule has 5 nitrogen and oxygen atoms in total. The number of fused-ring (bicyclic) bond motifs is 1. The molecule has 0 saturated heterocycles. The van der Waals surface area contributed by atoms with E-state index in [9.17, 15) is 5.11 Å². The number of benzene rings is 2. The molecule has 1 heterocycles. The molecule has 0 saturated carbocycles. The Kier molecular flexibility index (Phi) is 5.56. The van der Waals surface area contributed by atoms with Gasteiger partial charge in [0.05, 0.1) is 0 Å². The lowest BCUT2D eigenvalue weighted by molar-refractivity contribution is 0.0557. The molecule has 1 aliphatic rings. The van der Waals surface area contributed by atoms with Crippen molar-refractivity contribution in [1.82, 2.24) is 5.32 Å². The number of aliphatic hydroxyl groups is 1. The molecule has 0 unspecified atom stereocenters. The molecule has 0 bridgehead atoms. The zero-order valence-corrected chi connectivity index (χ0v) is 13.7. The topological polar surface area (TPSA) is 60.0 Å². The second-order valence-corrected chi connectivity index (χ2v) is 5.89. The standard InChI is InChI=1S/C19H23NO4/c1-14(19-13-23-17-9-5-6-10-18(17)24-19)20-11-15(21)12-22-16-7-3-2-4-8-16/h2-10,14-15,19-21H,11-13H2,1H3/t14-,15+,19+/m0/s1. The molecule has 24 heavy (non-hydrogen) atoms. The van der Waals surface area contributed by atoms with Gasteiger partial charge in [0.1, 0.15) is 31.2 Å². The summed E-state index contributed by atoms with van der Waals surface area (Å²) in [6.45, 7) is 3.18. The second-order valence-electron chi connectivity index (χ2n) is 5.89. The Morgan fingerprint density at radius 2 is 1.83 bits per heavy atom. The summed E-state index contributed by atoms with van der Waals surface area (Å²) in [6.07, 6.45) is -0.688. The second kappa shape index (κ2) is 8.04. The Bertz CT molecular complexity index is 634. The molecular weight excluding hydrogens is 306 g/mol. The molecule has 128 valence electrons. The van der Waals surface area contributed by atoms with Gasteiger partial charge in [0, 0.05) is 12.6 Å². The molecule has 2 aromatic carbocycles. The molecule has 0 radical (unpaired) electrons. The van der Waals surface area contributed by atoms with Gasteiger partial charge in [-0.2, -0.15) is 0 Å². The maximum Gasteiger partial charge on any atom is 0.161 e. The fourth-order valence-corrected chi connectivity index (χ4v) is 2.50. The van der Waals surface area contributed by atoms with Crippen molar-refractivity contribution >= 4 is 0 Å². The minimum atomic E-state index is -0.593. The van der Waals surface area contributed by atoms with E-state index < -0.39 is 6.10 Å². The Balaban J connectivity index is 1.41. The summed E-state index contributed by atoms with van der Waals surface area (Å²) in [5, 5.41) is 13.3. The van der Waals surface area contributed by atoms with Crippen LogP contribution >= 0.6 is 0 Å². The monoisotopic (exact) mass is 329 g/mol. The Morgan fingerprint density at radius 1 is 1.12 bits per heavy atom. The van der Waals surface area contributed by atoms with Gasteiger partial charge < -0.3 is 24.6 Å². The van der Waals surface area contributed by atoms with Gasteiger partial charge in [0.15, 0.2) is 11.5 Å². The van der Waals surface area contributed by atoms with E-state index in [0.717, 1.165) is 17.2 Å². The van der Waals surface area contributed by atoms with Crippen molar-refractivity contribution in [2.24, 2.45) is 0 Å². The molecule has 0 aromatic heterocycles. The summed E-state index contributed by atoms with van der Waals surface area (Å²) in [5.41, 5.74) is 0. The number of rotatable bonds is 7. The zero-order valence-electron chi connectivity index (χ0n) is 13.7. The third-order valence-corrected chi connectivity index (χ3v) is 3.95. The zero-order chi connectivity index (χ0) is 16.8. The van der Waals surface area contributed by atoms with Gasteiger partial charge in [-0.15, -0.1) is 0 Å². The third kappa shape index (κ3) is 4.40. The lowest BCUT2D eigenvalue weighted by atomic mass is 10.1. The minimum absolute atomic E-state index is 0.0460. The van der Waals surface area contributed by atoms with Crippen molar-refractivity contribution in [3.05, 3.63) is 54.6 Å². The van der Waals surface area contributed by atoms with Crippen LogP contribution in [0, 0.1) is 0 Å². The average molecular weight is 329 g/mol. The van der Waals surface area contributed by atoms with E-state index in [4.69, 9.17) is 14.2 Å². The highest BCUT2D eigenvalue weighted by Gasteiger charge is 2.26. The van der Waals surface area contributed by atoms with E-state index in [-0.39, 0.29) is 18.8 Å². The van der Waals surface area contributed by atoms with Crippen LogP contribution in [0.4, 0.5) is 0 Å². The Morgan fingerprint density at radius 3 is 2.62 bits per heavy atom. The molecule has 1 aliphatic heterocycles. The summed E-state index contributed by atoms with van der Waals surface area (Å²) < 4.78 is 17.2. The smallest absolute Gasteiger partial charge is 0.161 e. The number of hydrogen-bond acceptors (Lipinski definition) is 5. The molecule has 0 aliphatic carbocycles. The van der Waals surface area contributed by atoms with Crippen LogP contribution in [0.3, 0.4) is 0 Å². The van der Waals surface area contributed by atoms with Crippen LogP contribution in [-0.2, 0) is 0 Å². The number of aliphatic hydroxyl groups excluding tert-OH is 1. The Hall–Kier alpha value is -2.24. The first-order valence-electron chi connectivity index (χ1n) is 8.20. The summed E-state index contributed by atoms with van der Waals surface area (Å²) in [7, 11) is 0. The molecule has 0 amide bonds. The minimum Gasteiger partial charge on any atom is -0.491 e. The van der Waals surface area contributed by atoms with Gasteiger partial charge >= 0.3 is 0 Å². The van der Waals surface area contributed by atoms with Crippen LogP contribution in [0.5, 0.6) is 17.2 Å². The van der Waals surface area contributed by atoms with E-state index >= 15 is 0 Å². The van der Waals surface area contributed by atoms with Gasteiger partial charge in [0.2, 0.25) is 0 Å². The van der Waals surface area contributed by atoms with Crippen LogP contribution < -0.4 is 19.5 Å². The summed E-state index contributed by atoms with van der Waals surface area (Å²) >= 11 is 0. The number of nitrogens with one attached hydrogen (secondary N) is 1. The molecule has 5 heteroatoms. The molecule has 0 spiro atoms. The first kappa shape index (κ1) is 16.6. The normalized spacial score (nSPS) is 18.7. The Labute approximate surface area is 142 Å². The van der Waals surface area contributed by atoms with Crippen molar-refractivity contribution in [2.45, 2.75) is 25.2 Å². The van der Waals surface area contributed by atoms with Crippen LogP contribution in [0.15, 0.2) is 54.6 Å². The number of ether oxygens (including phenoxy) is 3. The molecule has 2 aromatic rings. The highest BCUT2D eigenvalue weighted by Crippen LogP contribution is 2.31. The maximum atomic E-state index is 10.1. The third-order valence-electron chi connectivity index (χ3n) is 3.95. The first-order valence-corrected chi connectivity index (χ1v) is 8.20. The van der Waals surface area contributed by atoms with E-state index in [0.29, 0.717) is 13.2 Å². The van der Waals surface area contributed by atoms with Gasteiger partial charge in [-0.1, -0.05) is 30.3 Å². The molecular formula is C19H23NO4. The largest absolute Gasteiger partial charge is 0.491 e. The van der Waals surface area contributed by atoms with Crippen LogP contribution in [0.1, 0.15) is 6.92 Å². The maximum absolute atomic E-state index is 10.1. The van der Waals surface area contributed by atoms with Crippen molar-refractivity contribution < 1.29 is 19.3 Å². The average Bonchev–Trinajstić information content (AvgIpc) is 2.65. The van der Waals surface area contributed by atoms with Crippen LogP contribution in [0.25, 0.3) is 0 Å². The lowest BCUT2D eigenvalue weighted by Crippen LogP contribution is -2.48. The quantitative estimate of drug-likeness (QED) is 0.816. The predicted molar refractivity (Wildman–Crippen MR) is 91.8 cm³/mol. The number of para-hydroxylation sites is 3. The van der Waals surface area contributed by atoms with Crippen LogP contribution in [0.2, 0.25) is 0 Å². The molecule has 3 rings (SSSR count). The predicted octanol–water partition coefficient (Wildman–Crippen LogP) is 2.24. The van der Waals surface area contributed by atoms with Gasteiger partial charge in [-0.3, -0.25) is 0 Å². The fourth-order valence-electron chi connectivity index (χ4n) is 2.50.